The fraction of sp³-hybridized carbons (Fsp3) is 0.286. The first-order valence-electron chi connectivity index (χ1n) is 6.32. The second-order valence-corrected chi connectivity index (χ2v) is 4.42. The van der Waals surface area contributed by atoms with Gasteiger partial charge in [-0.2, -0.15) is 5.10 Å². The Balaban J connectivity index is 1.98. The highest BCUT2D eigenvalue weighted by molar-refractivity contribution is 5.94. The number of anilines is 1. The average Bonchev–Trinajstić information content (AvgIpc) is 2.86. The molecular weight excluding hydrogens is 240 g/mol. The average molecular weight is 258 g/mol. The Morgan fingerprint density at radius 3 is 2.84 bits per heavy atom. The van der Waals surface area contributed by atoms with Gasteiger partial charge < -0.3 is 11.1 Å². The van der Waals surface area contributed by atoms with Crippen LogP contribution < -0.4 is 11.1 Å². The van der Waals surface area contributed by atoms with Crippen LogP contribution in [0.15, 0.2) is 42.7 Å². The van der Waals surface area contributed by atoms with Gasteiger partial charge in [-0.05, 0) is 12.0 Å². The fourth-order valence-electron chi connectivity index (χ4n) is 1.71. The molecule has 1 atom stereocenters. The van der Waals surface area contributed by atoms with Crippen molar-refractivity contribution in [1.82, 2.24) is 9.78 Å². The SMILES string of the molecule is CC[C@H](N)C(=O)Nc1cnn(Cc2ccccc2)c1. The van der Waals surface area contributed by atoms with Gasteiger partial charge in [0.15, 0.2) is 0 Å². The molecule has 0 bridgehead atoms. The summed E-state index contributed by atoms with van der Waals surface area (Å²) in [6, 6.07) is 9.55. The van der Waals surface area contributed by atoms with Crippen molar-refractivity contribution in [2.24, 2.45) is 5.73 Å². The van der Waals surface area contributed by atoms with Crippen molar-refractivity contribution in [1.29, 1.82) is 0 Å². The zero-order valence-electron chi connectivity index (χ0n) is 10.9. The molecule has 3 N–H and O–H groups in total. The van der Waals surface area contributed by atoms with Crippen molar-refractivity contribution in [3.8, 4) is 0 Å². The largest absolute Gasteiger partial charge is 0.322 e. The summed E-state index contributed by atoms with van der Waals surface area (Å²) in [6.07, 6.45) is 4.04. The summed E-state index contributed by atoms with van der Waals surface area (Å²) in [5.41, 5.74) is 7.49. The lowest BCUT2D eigenvalue weighted by molar-refractivity contribution is -0.117. The molecule has 1 aromatic heterocycles. The number of carbonyl (C=O) groups excluding carboxylic acids is 1. The minimum Gasteiger partial charge on any atom is -0.322 e. The molecule has 2 rings (SSSR count). The third kappa shape index (κ3) is 3.66. The van der Waals surface area contributed by atoms with Crippen LogP contribution in [0.5, 0.6) is 0 Å². The summed E-state index contributed by atoms with van der Waals surface area (Å²) in [5, 5.41) is 6.96. The van der Waals surface area contributed by atoms with E-state index in [-0.39, 0.29) is 5.91 Å². The number of hydrogen-bond donors (Lipinski definition) is 2. The molecule has 1 amide bonds. The number of nitrogens with two attached hydrogens (primary N) is 1. The molecule has 0 saturated heterocycles. The standard InChI is InChI=1S/C14H18N4O/c1-2-13(15)14(19)17-12-8-16-18(10-12)9-11-6-4-3-5-7-11/h3-8,10,13H,2,9,15H2,1H3,(H,17,19)/t13-/m0/s1. The van der Waals surface area contributed by atoms with Gasteiger partial charge in [-0.15, -0.1) is 0 Å². The Labute approximate surface area is 112 Å². The maximum atomic E-state index is 11.6. The fourth-order valence-corrected chi connectivity index (χ4v) is 1.71. The highest BCUT2D eigenvalue weighted by Gasteiger charge is 2.11. The Bertz CT molecular complexity index is 535. The van der Waals surface area contributed by atoms with E-state index in [0.29, 0.717) is 18.7 Å². The van der Waals surface area contributed by atoms with E-state index >= 15 is 0 Å². The Morgan fingerprint density at radius 1 is 1.42 bits per heavy atom. The van der Waals surface area contributed by atoms with E-state index in [0.717, 1.165) is 5.56 Å². The van der Waals surface area contributed by atoms with Crippen LogP contribution in [0.1, 0.15) is 18.9 Å². The van der Waals surface area contributed by atoms with Gasteiger partial charge >= 0.3 is 0 Å². The first-order chi connectivity index (χ1) is 9.19. The molecule has 100 valence electrons. The van der Waals surface area contributed by atoms with Crippen molar-refractivity contribution < 1.29 is 4.79 Å². The van der Waals surface area contributed by atoms with E-state index in [9.17, 15) is 4.79 Å². The van der Waals surface area contributed by atoms with Crippen molar-refractivity contribution in [3.63, 3.8) is 0 Å². The Morgan fingerprint density at radius 2 is 2.16 bits per heavy atom. The van der Waals surface area contributed by atoms with Crippen LogP contribution in [0.25, 0.3) is 0 Å². The van der Waals surface area contributed by atoms with Crippen LogP contribution in [-0.4, -0.2) is 21.7 Å². The molecule has 1 heterocycles. The van der Waals surface area contributed by atoms with Crippen molar-refractivity contribution in [3.05, 3.63) is 48.3 Å². The molecule has 0 saturated carbocycles. The topological polar surface area (TPSA) is 72.9 Å². The zero-order chi connectivity index (χ0) is 13.7. The molecule has 0 fully saturated rings. The summed E-state index contributed by atoms with van der Waals surface area (Å²) in [7, 11) is 0. The number of aromatic nitrogens is 2. The molecule has 0 unspecified atom stereocenters. The molecule has 19 heavy (non-hydrogen) atoms. The molecule has 1 aromatic carbocycles. The predicted octanol–water partition coefficient (Wildman–Crippen LogP) is 1.61. The third-order valence-electron chi connectivity index (χ3n) is 2.86. The third-order valence-corrected chi connectivity index (χ3v) is 2.86. The van der Waals surface area contributed by atoms with Gasteiger partial charge in [0.05, 0.1) is 24.5 Å². The van der Waals surface area contributed by atoms with Gasteiger partial charge in [-0.25, -0.2) is 0 Å². The maximum absolute atomic E-state index is 11.6. The molecular formula is C14H18N4O. The van der Waals surface area contributed by atoms with Crippen LogP contribution in [0, 0.1) is 0 Å². The van der Waals surface area contributed by atoms with E-state index in [2.05, 4.69) is 10.4 Å². The second-order valence-electron chi connectivity index (χ2n) is 4.42. The molecule has 5 heteroatoms. The molecule has 5 nitrogen and oxygen atoms in total. The number of carbonyl (C=O) groups is 1. The molecule has 0 radical (unpaired) electrons. The van der Waals surface area contributed by atoms with E-state index in [1.165, 1.54) is 0 Å². The molecule has 0 aliphatic heterocycles. The lowest BCUT2D eigenvalue weighted by atomic mass is 10.2. The number of amides is 1. The summed E-state index contributed by atoms with van der Waals surface area (Å²) in [5.74, 6) is -0.179. The zero-order valence-corrected chi connectivity index (χ0v) is 10.9. The smallest absolute Gasteiger partial charge is 0.241 e. The summed E-state index contributed by atoms with van der Waals surface area (Å²) in [6.45, 7) is 2.56. The van der Waals surface area contributed by atoms with Gasteiger partial charge in [0, 0.05) is 6.20 Å². The van der Waals surface area contributed by atoms with E-state index in [1.807, 2.05) is 37.3 Å². The lowest BCUT2D eigenvalue weighted by Crippen LogP contribution is -2.34. The minimum atomic E-state index is -0.475. The van der Waals surface area contributed by atoms with Gasteiger partial charge in [-0.1, -0.05) is 37.3 Å². The summed E-state index contributed by atoms with van der Waals surface area (Å²) < 4.78 is 1.78. The quantitative estimate of drug-likeness (QED) is 0.855. The molecule has 0 aliphatic rings. The number of nitrogens with one attached hydrogen (secondary N) is 1. The molecule has 0 aliphatic carbocycles. The van der Waals surface area contributed by atoms with Crippen molar-refractivity contribution in [2.45, 2.75) is 25.9 Å². The van der Waals surface area contributed by atoms with Crippen LogP contribution >= 0.6 is 0 Å². The number of rotatable bonds is 5. The highest BCUT2D eigenvalue weighted by Crippen LogP contribution is 2.08. The predicted molar refractivity (Wildman–Crippen MR) is 74.7 cm³/mol. The van der Waals surface area contributed by atoms with Gasteiger partial charge in [-0.3, -0.25) is 9.48 Å². The van der Waals surface area contributed by atoms with Crippen LogP contribution in [0.2, 0.25) is 0 Å². The van der Waals surface area contributed by atoms with E-state index < -0.39 is 6.04 Å². The van der Waals surface area contributed by atoms with Crippen LogP contribution in [-0.2, 0) is 11.3 Å². The van der Waals surface area contributed by atoms with E-state index in [4.69, 9.17) is 5.73 Å². The van der Waals surface area contributed by atoms with Gasteiger partial charge in [0.1, 0.15) is 0 Å². The van der Waals surface area contributed by atoms with Gasteiger partial charge in [0.2, 0.25) is 5.91 Å². The number of nitrogens with zero attached hydrogens (tertiary/aromatic N) is 2. The summed E-state index contributed by atoms with van der Waals surface area (Å²) in [4.78, 5) is 11.6. The molecule has 2 aromatic rings. The maximum Gasteiger partial charge on any atom is 0.241 e. The first kappa shape index (κ1) is 13.3. The Kier molecular flexibility index (Phi) is 4.30. The lowest BCUT2D eigenvalue weighted by Gasteiger charge is -2.07. The minimum absolute atomic E-state index is 0.179. The Hall–Kier alpha value is -2.14. The normalized spacial score (nSPS) is 12.1. The molecule has 0 spiro atoms. The number of benzene rings is 1. The highest BCUT2D eigenvalue weighted by atomic mass is 16.2. The summed E-state index contributed by atoms with van der Waals surface area (Å²) >= 11 is 0. The number of hydrogen-bond acceptors (Lipinski definition) is 3. The van der Waals surface area contributed by atoms with Crippen LogP contribution in [0.4, 0.5) is 5.69 Å². The van der Waals surface area contributed by atoms with Crippen molar-refractivity contribution in [2.75, 3.05) is 5.32 Å². The first-order valence-corrected chi connectivity index (χ1v) is 6.32. The monoisotopic (exact) mass is 258 g/mol. The van der Waals surface area contributed by atoms with Gasteiger partial charge in [0.25, 0.3) is 0 Å². The van der Waals surface area contributed by atoms with Crippen LogP contribution in [0.3, 0.4) is 0 Å². The second kappa shape index (κ2) is 6.15. The van der Waals surface area contributed by atoms with E-state index in [1.54, 1.807) is 17.1 Å². The van der Waals surface area contributed by atoms with Crippen molar-refractivity contribution >= 4 is 11.6 Å².